The molecule has 1 heterocycles. The summed E-state index contributed by atoms with van der Waals surface area (Å²) >= 11 is 1.24. The molecular formula is C18H23N3O3S2. The molecule has 2 aromatic rings. The average molecular weight is 394 g/mol. The normalized spacial score (nSPS) is 20.7. The number of amides is 1. The van der Waals surface area contributed by atoms with Crippen LogP contribution in [0.5, 0.6) is 0 Å². The van der Waals surface area contributed by atoms with E-state index in [1.54, 1.807) is 0 Å². The first-order valence-electron chi connectivity index (χ1n) is 8.80. The van der Waals surface area contributed by atoms with Gasteiger partial charge in [-0.3, -0.25) is 4.79 Å². The summed E-state index contributed by atoms with van der Waals surface area (Å²) in [5.41, 5.74) is 0.901. The molecule has 1 N–H and O–H groups in total. The highest BCUT2D eigenvalue weighted by Gasteiger charge is 2.26. The summed E-state index contributed by atoms with van der Waals surface area (Å²) in [5.74, 6) is -0.787. The smallest absolute Gasteiger partial charge is 0.235 e. The van der Waals surface area contributed by atoms with Crippen LogP contribution in [0.4, 0.5) is 0 Å². The lowest BCUT2D eigenvalue weighted by atomic mass is 9.86. The maximum Gasteiger partial charge on any atom is 0.235 e. The van der Waals surface area contributed by atoms with E-state index in [1.807, 2.05) is 30.3 Å². The van der Waals surface area contributed by atoms with Crippen LogP contribution in [0.2, 0.25) is 0 Å². The molecule has 26 heavy (non-hydrogen) atoms. The van der Waals surface area contributed by atoms with Crippen LogP contribution in [0.15, 0.2) is 30.3 Å². The van der Waals surface area contributed by atoms with Crippen LogP contribution in [-0.4, -0.2) is 36.3 Å². The summed E-state index contributed by atoms with van der Waals surface area (Å²) in [4.78, 5) is 12.2. The van der Waals surface area contributed by atoms with Gasteiger partial charge >= 0.3 is 0 Å². The molecule has 1 aromatic carbocycles. The Kier molecular flexibility index (Phi) is 6.03. The van der Waals surface area contributed by atoms with Crippen molar-refractivity contribution < 1.29 is 13.2 Å². The zero-order chi connectivity index (χ0) is 18.6. The standard InChI is InChI=1S/C18H23N3O3S2/c1-13-7-5-6-10-15(13)19-16(22)11-26(23,24)12-17-20-21-18(25-17)14-8-3-2-4-9-14/h2-4,8-9,13,15H,5-7,10-12H2,1H3,(H,19,22)/t13-,15-/m1/s1. The fraction of sp³-hybridized carbons (Fsp3) is 0.500. The lowest BCUT2D eigenvalue weighted by Crippen LogP contribution is -2.43. The lowest BCUT2D eigenvalue weighted by molar-refractivity contribution is -0.119. The summed E-state index contributed by atoms with van der Waals surface area (Å²) in [7, 11) is -3.58. The molecule has 8 heteroatoms. The van der Waals surface area contributed by atoms with Crippen molar-refractivity contribution in [3.05, 3.63) is 35.3 Å². The summed E-state index contributed by atoms with van der Waals surface area (Å²) in [6.45, 7) is 2.10. The van der Waals surface area contributed by atoms with Gasteiger partial charge in [-0.15, -0.1) is 10.2 Å². The maximum absolute atomic E-state index is 12.4. The molecule has 6 nitrogen and oxygen atoms in total. The van der Waals surface area contributed by atoms with E-state index in [-0.39, 0.29) is 11.8 Å². The number of aromatic nitrogens is 2. The van der Waals surface area contributed by atoms with Gasteiger partial charge in [0.25, 0.3) is 0 Å². The van der Waals surface area contributed by atoms with Gasteiger partial charge in [-0.05, 0) is 18.8 Å². The molecule has 1 fully saturated rings. The zero-order valence-electron chi connectivity index (χ0n) is 14.7. The van der Waals surface area contributed by atoms with Crippen LogP contribution >= 0.6 is 11.3 Å². The highest BCUT2D eigenvalue weighted by atomic mass is 32.2. The molecule has 1 aromatic heterocycles. The highest BCUT2D eigenvalue weighted by molar-refractivity contribution is 7.91. The van der Waals surface area contributed by atoms with E-state index in [4.69, 9.17) is 0 Å². The molecule has 1 saturated carbocycles. The monoisotopic (exact) mass is 393 g/mol. The number of carbonyl (C=O) groups is 1. The molecule has 0 unspecified atom stereocenters. The molecule has 1 aliphatic rings. The van der Waals surface area contributed by atoms with Gasteiger partial charge in [0.2, 0.25) is 5.91 Å². The van der Waals surface area contributed by atoms with Crippen molar-refractivity contribution >= 4 is 27.1 Å². The van der Waals surface area contributed by atoms with Gasteiger partial charge in [0.15, 0.2) is 9.84 Å². The van der Waals surface area contributed by atoms with Crippen LogP contribution in [0.1, 0.15) is 37.6 Å². The number of hydrogen-bond acceptors (Lipinski definition) is 6. The number of nitrogens with one attached hydrogen (secondary N) is 1. The van der Waals surface area contributed by atoms with Gasteiger partial charge in [-0.1, -0.05) is 61.4 Å². The summed E-state index contributed by atoms with van der Waals surface area (Å²) in [6.07, 6.45) is 4.25. The van der Waals surface area contributed by atoms with Crippen molar-refractivity contribution in [1.82, 2.24) is 15.5 Å². The van der Waals surface area contributed by atoms with Crippen LogP contribution < -0.4 is 5.32 Å². The van der Waals surface area contributed by atoms with Crippen LogP contribution in [0.3, 0.4) is 0 Å². The molecule has 140 valence electrons. The first kappa shape index (κ1) is 19.0. The Morgan fingerprint density at radius 2 is 1.92 bits per heavy atom. The minimum absolute atomic E-state index is 0.0812. The fourth-order valence-corrected chi connectivity index (χ4v) is 5.66. The minimum atomic E-state index is -3.58. The second-order valence-corrected chi connectivity index (χ2v) is 9.96. The van der Waals surface area contributed by atoms with Crippen molar-refractivity contribution in [1.29, 1.82) is 0 Å². The number of benzene rings is 1. The predicted octanol–water partition coefficient (Wildman–Crippen LogP) is 2.81. The third-order valence-electron chi connectivity index (χ3n) is 4.64. The number of hydrogen-bond donors (Lipinski definition) is 1. The predicted molar refractivity (Wildman–Crippen MR) is 102 cm³/mol. The van der Waals surface area contributed by atoms with Crippen molar-refractivity contribution in [3.8, 4) is 10.6 Å². The number of nitrogens with zero attached hydrogens (tertiary/aromatic N) is 2. The van der Waals surface area contributed by atoms with E-state index in [1.165, 1.54) is 17.8 Å². The van der Waals surface area contributed by atoms with Gasteiger partial charge in [0, 0.05) is 11.6 Å². The second-order valence-electron chi connectivity index (χ2n) is 6.83. The Morgan fingerprint density at radius 3 is 2.65 bits per heavy atom. The third-order valence-corrected chi connectivity index (χ3v) is 7.21. The largest absolute Gasteiger partial charge is 0.352 e. The molecular weight excluding hydrogens is 370 g/mol. The first-order valence-corrected chi connectivity index (χ1v) is 11.4. The van der Waals surface area contributed by atoms with Gasteiger partial charge in [-0.2, -0.15) is 0 Å². The van der Waals surface area contributed by atoms with Crippen molar-refractivity contribution in [3.63, 3.8) is 0 Å². The van der Waals surface area contributed by atoms with E-state index in [2.05, 4.69) is 22.4 Å². The lowest BCUT2D eigenvalue weighted by Gasteiger charge is -2.29. The second kappa shape index (κ2) is 8.26. The Labute approximate surface area is 158 Å². The van der Waals surface area contributed by atoms with Gasteiger partial charge in [0.1, 0.15) is 21.5 Å². The maximum atomic E-state index is 12.4. The third kappa shape index (κ3) is 5.11. The quantitative estimate of drug-likeness (QED) is 0.815. The van der Waals surface area contributed by atoms with Crippen molar-refractivity contribution in [2.24, 2.45) is 5.92 Å². The Hall–Kier alpha value is -1.80. The summed E-state index contributed by atoms with van der Waals surface area (Å²) in [5, 5.41) is 12.0. The highest BCUT2D eigenvalue weighted by Crippen LogP contribution is 2.25. The molecule has 3 rings (SSSR count). The number of sulfone groups is 1. The zero-order valence-corrected chi connectivity index (χ0v) is 16.4. The van der Waals surface area contributed by atoms with E-state index >= 15 is 0 Å². The van der Waals surface area contributed by atoms with E-state index < -0.39 is 21.5 Å². The molecule has 0 saturated heterocycles. The van der Waals surface area contributed by atoms with E-state index in [0.717, 1.165) is 24.8 Å². The minimum Gasteiger partial charge on any atom is -0.352 e. The molecule has 0 spiro atoms. The fourth-order valence-electron chi connectivity index (χ4n) is 3.23. The topological polar surface area (TPSA) is 89.0 Å². The SMILES string of the molecule is C[C@@H]1CCCC[C@H]1NC(=O)CS(=O)(=O)Cc1nnc(-c2ccccc2)s1. The van der Waals surface area contributed by atoms with Crippen LogP contribution in [0.25, 0.3) is 10.6 Å². The number of carbonyl (C=O) groups excluding carboxylic acids is 1. The average Bonchev–Trinajstić information content (AvgIpc) is 3.05. The van der Waals surface area contributed by atoms with Crippen molar-refractivity contribution in [2.45, 2.75) is 44.4 Å². The number of rotatable bonds is 6. The Balaban J connectivity index is 1.58. The van der Waals surface area contributed by atoms with Crippen LogP contribution in [0, 0.1) is 5.92 Å². The van der Waals surface area contributed by atoms with Gasteiger partial charge < -0.3 is 5.32 Å². The Morgan fingerprint density at radius 1 is 1.19 bits per heavy atom. The Bertz CT molecular complexity index is 850. The molecule has 1 amide bonds. The van der Waals surface area contributed by atoms with Crippen molar-refractivity contribution in [2.75, 3.05) is 5.75 Å². The summed E-state index contributed by atoms with van der Waals surface area (Å²) < 4.78 is 24.7. The molecule has 0 bridgehead atoms. The van der Waals surface area contributed by atoms with Crippen LogP contribution in [-0.2, 0) is 20.4 Å². The van der Waals surface area contributed by atoms with Gasteiger partial charge in [0.05, 0.1) is 0 Å². The molecule has 1 aliphatic carbocycles. The van der Waals surface area contributed by atoms with Gasteiger partial charge in [-0.25, -0.2) is 8.42 Å². The molecule has 2 atom stereocenters. The van der Waals surface area contributed by atoms with E-state index in [0.29, 0.717) is 15.9 Å². The molecule has 0 aliphatic heterocycles. The summed E-state index contributed by atoms with van der Waals surface area (Å²) in [6, 6.07) is 9.57. The van der Waals surface area contributed by atoms with E-state index in [9.17, 15) is 13.2 Å². The first-order chi connectivity index (χ1) is 12.4. The molecule has 0 radical (unpaired) electrons.